The number of amides is 1. The molecule has 1 aliphatic rings. The monoisotopic (exact) mass is 520 g/mol. The molecule has 0 radical (unpaired) electrons. The van der Waals surface area contributed by atoms with Crippen LogP contribution in [-0.2, 0) is 26.1 Å². The third kappa shape index (κ3) is 4.89. The maximum absolute atomic E-state index is 14.4. The van der Waals surface area contributed by atoms with Gasteiger partial charge in [-0.1, -0.05) is 36.4 Å². The number of ether oxygens (including phenoxy) is 1. The van der Waals surface area contributed by atoms with Crippen molar-refractivity contribution in [2.45, 2.75) is 26.1 Å². The van der Waals surface area contributed by atoms with Crippen LogP contribution in [0, 0.1) is 17.5 Å². The van der Waals surface area contributed by atoms with Gasteiger partial charge in [0.25, 0.3) is 5.91 Å². The number of fused-ring (bicyclic) bond motifs is 1. The Kier molecular flexibility index (Phi) is 7.20. The molecule has 0 fully saturated rings. The Labute approximate surface area is 218 Å². The molecule has 9 heteroatoms. The number of carbonyl (C=O) groups excluding carboxylic acids is 1. The Morgan fingerprint density at radius 3 is 2.39 bits per heavy atom. The molecule has 0 spiro atoms. The maximum atomic E-state index is 14.4. The molecule has 1 aliphatic heterocycles. The summed E-state index contributed by atoms with van der Waals surface area (Å²) in [5, 5.41) is 4.85. The molecule has 1 aromatic heterocycles. The molecule has 1 amide bonds. The summed E-state index contributed by atoms with van der Waals surface area (Å²) < 4.78 is 50.4. The number of hydrogen-bond donors (Lipinski definition) is 0. The first-order chi connectivity index (χ1) is 18.4. The molecule has 0 unspecified atom stereocenters. The van der Waals surface area contributed by atoms with Crippen LogP contribution in [0.5, 0.6) is 5.75 Å². The van der Waals surface area contributed by atoms with Gasteiger partial charge in [0.05, 0.1) is 25.0 Å². The van der Waals surface area contributed by atoms with Gasteiger partial charge in [-0.3, -0.25) is 9.69 Å². The van der Waals surface area contributed by atoms with Crippen molar-refractivity contribution < 1.29 is 22.7 Å². The van der Waals surface area contributed by atoms with Crippen LogP contribution in [0.1, 0.15) is 32.9 Å². The number of carbonyl (C=O) groups is 1. The largest absolute Gasteiger partial charge is 0.494 e. The van der Waals surface area contributed by atoms with Crippen LogP contribution < -0.4 is 4.74 Å². The molecule has 0 saturated heterocycles. The number of halogens is 3. The van der Waals surface area contributed by atoms with Gasteiger partial charge in [0.15, 0.2) is 0 Å². The van der Waals surface area contributed by atoms with Crippen molar-refractivity contribution in [3.63, 3.8) is 0 Å². The van der Waals surface area contributed by atoms with Gasteiger partial charge in [-0.15, -0.1) is 0 Å². The van der Waals surface area contributed by atoms with Crippen molar-refractivity contribution in [2.75, 3.05) is 20.7 Å². The molecular formula is C29H27F3N4O2. The summed E-state index contributed by atoms with van der Waals surface area (Å²) in [7, 11) is 3.07. The summed E-state index contributed by atoms with van der Waals surface area (Å²) >= 11 is 0. The van der Waals surface area contributed by atoms with Crippen LogP contribution >= 0.6 is 0 Å². The molecule has 3 aromatic carbocycles. The summed E-state index contributed by atoms with van der Waals surface area (Å²) in [4.78, 5) is 16.4. The fourth-order valence-corrected chi connectivity index (χ4v) is 4.86. The van der Waals surface area contributed by atoms with E-state index >= 15 is 0 Å². The van der Waals surface area contributed by atoms with Crippen LogP contribution in [0.2, 0.25) is 0 Å². The van der Waals surface area contributed by atoms with Gasteiger partial charge in [-0.2, -0.15) is 5.10 Å². The van der Waals surface area contributed by atoms with E-state index in [1.807, 2.05) is 28.9 Å². The van der Waals surface area contributed by atoms with Gasteiger partial charge < -0.3 is 9.64 Å². The maximum Gasteiger partial charge on any atom is 0.259 e. The molecule has 0 saturated carbocycles. The number of benzene rings is 3. The smallest absolute Gasteiger partial charge is 0.259 e. The lowest BCUT2D eigenvalue weighted by atomic mass is 10.0. The molecule has 2 heterocycles. The first kappa shape index (κ1) is 25.5. The van der Waals surface area contributed by atoms with Crippen molar-refractivity contribution in [1.29, 1.82) is 0 Å². The highest BCUT2D eigenvalue weighted by Gasteiger charge is 2.29. The highest BCUT2D eigenvalue weighted by molar-refractivity contribution is 5.94. The van der Waals surface area contributed by atoms with E-state index in [1.165, 1.54) is 24.1 Å². The molecule has 38 heavy (non-hydrogen) atoms. The first-order valence-corrected chi connectivity index (χ1v) is 12.3. The normalized spacial score (nSPS) is 13.3. The van der Waals surface area contributed by atoms with Crippen molar-refractivity contribution >= 4 is 5.91 Å². The predicted octanol–water partition coefficient (Wildman–Crippen LogP) is 5.13. The van der Waals surface area contributed by atoms with Gasteiger partial charge in [0.1, 0.15) is 34.5 Å². The van der Waals surface area contributed by atoms with E-state index in [0.717, 1.165) is 29.1 Å². The Morgan fingerprint density at radius 1 is 0.974 bits per heavy atom. The van der Waals surface area contributed by atoms with Crippen molar-refractivity contribution in [3.05, 3.63) is 112 Å². The third-order valence-corrected chi connectivity index (χ3v) is 6.80. The second-order valence-corrected chi connectivity index (χ2v) is 9.27. The fourth-order valence-electron chi connectivity index (χ4n) is 4.86. The number of hydrogen-bond acceptors (Lipinski definition) is 4. The Morgan fingerprint density at radius 2 is 1.66 bits per heavy atom. The summed E-state index contributed by atoms with van der Waals surface area (Å²) in [6.07, 6.45) is 0.633. The lowest BCUT2D eigenvalue weighted by Crippen LogP contribution is -2.32. The SMILES string of the molecule is COc1ccccc1-n1nc(CN(C)C(=O)c2c(F)cccc2F)c2c1CCN(Cc1ccccc1F)C2. The number of nitrogens with zero attached hydrogens (tertiary/aromatic N) is 4. The van der Waals surface area contributed by atoms with E-state index in [-0.39, 0.29) is 12.4 Å². The fraction of sp³-hybridized carbons (Fsp3) is 0.241. The molecule has 6 nitrogen and oxygen atoms in total. The van der Waals surface area contributed by atoms with Crippen molar-refractivity contribution in [2.24, 2.45) is 0 Å². The van der Waals surface area contributed by atoms with E-state index in [1.54, 1.807) is 25.3 Å². The molecule has 0 atom stereocenters. The molecule has 196 valence electrons. The minimum atomic E-state index is -0.917. The second kappa shape index (κ2) is 10.7. The highest BCUT2D eigenvalue weighted by Crippen LogP contribution is 2.31. The Bertz CT molecular complexity index is 1470. The molecule has 4 aromatic rings. The molecule has 0 bridgehead atoms. The summed E-state index contributed by atoms with van der Waals surface area (Å²) in [5.41, 5.74) is 3.18. The lowest BCUT2D eigenvalue weighted by molar-refractivity contribution is 0.0772. The summed E-state index contributed by atoms with van der Waals surface area (Å²) in [5.74, 6) is -2.24. The number of para-hydroxylation sites is 2. The zero-order valence-electron chi connectivity index (χ0n) is 21.1. The summed E-state index contributed by atoms with van der Waals surface area (Å²) in [6.45, 7) is 1.60. The van der Waals surface area contributed by atoms with Crippen molar-refractivity contribution in [3.8, 4) is 11.4 Å². The lowest BCUT2D eigenvalue weighted by Gasteiger charge is -2.28. The van der Waals surface area contributed by atoms with E-state index < -0.39 is 23.1 Å². The highest BCUT2D eigenvalue weighted by atomic mass is 19.1. The molecule has 0 N–H and O–H groups in total. The topological polar surface area (TPSA) is 50.6 Å². The van der Waals surface area contributed by atoms with Crippen LogP contribution in [-0.4, -0.2) is 46.2 Å². The van der Waals surface area contributed by atoms with Gasteiger partial charge in [0, 0.05) is 44.2 Å². The van der Waals surface area contributed by atoms with Crippen LogP contribution in [0.4, 0.5) is 13.2 Å². The molecule has 0 aliphatic carbocycles. The third-order valence-electron chi connectivity index (χ3n) is 6.80. The van der Waals surface area contributed by atoms with E-state index in [2.05, 4.69) is 4.90 Å². The first-order valence-electron chi connectivity index (χ1n) is 12.3. The predicted molar refractivity (Wildman–Crippen MR) is 136 cm³/mol. The van der Waals surface area contributed by atoms with Gasteiger partial charge >= 0.3 is 0 Å². The van der Waals surface area contributed by atoms with Crippen LogP contribution in [0.15, 0.2) is 66.7 Å². The number of rotatable bonds is 7. The van der Waals surface area contributed by atoms with Gasteiger partial charge in [-0.05, 0) is 30.3 Å². The summed E-state index contributed by atoms with van der Waals surface area (Å²) in [6, 6.07) is 17.5. The minimum absolute atomic E-state index is 0.0324. The molecule has 5 rings (SSSR count). The Balaban J connectivity index is 1.50. The van der Waals surface area contributed by atoms with Crippen LogP contribution in [0.3, 0.4) is 0 Å². The van der Waals surface area contributed by atoms with E-state index in [9.17, 15) is 18.0 Å². The zero-order chi connectivity index (χ0) is 26.8. The Hall–Kier alpha value is -4.11. The van der Waals surface area contributed by atoms with Gasteiger partial charge in [0.2, 0.25) is 0 Å². The van der Waals surface area contributed by atoms with E-state index in [0.29, 0.717) is 43.1 Å². The van der Waals surface area contributed by atoms with Crippen LogP contribution in [0.25, 0.3) is 5.69 Å². The van der Waals surface area contributed by atoms with E-state index in [4.69, 9.17) is 9.84 Å². The second-order valence-electron chi connectivity index (χ2n) is 9.27. The number of methoxy groups -OCH3 is 1. The number of aromatic nitrogens is 2. The van der Waals surface area contributed by atoms with Gasteiger partial charge in [-0.25, -0.2) is 17.9 Å². The quantitative estimate of drug-likeness (QED) is 0.339. The molecular weight excluding hydrogens is 493 g/mol. The zero-order valence-corrected chi connectivity index (χ0v) is 21.1. The average molecular weight is 521 g/mol. The average Bonchev–Trinajstić information content (AvgIpc) is 3.27. The van der Waals surface area contributed by atoms with Crippen molar-refractivity contribution in [1.82, 2.24) is 19.6 Å². The standard InChI is InChI=1S/C29H27F3N4O2/c1-34(29(37)28-22(31)10-7-11-23(28)32)18-24-20-17-35(16-19-8-3-4-9-21(19)30)15-14-25(20)36(33-24)26-12-5-6-13-27(26)38-2/h3-13H,14-18H2,1-2H3. The minimum Gasteiger partial charge on any atom is -0.494 e.